The van der Waals surface area contributed by atoms with Crippen molar-refractivity contribution in [3.8, 4) is 0 Å². The van der Waals surface area contributed by atoms with Crippen molar-refractivity contribution < 1.29 is 17.9 Å². The molecule has 2 aromatic heterocycles. The maximum absolute atomic E-state index is 12.5. The van der Waals surface area contributed by atoms with Crippen LogP contribution in [-0.4, -0.2) is 47.4 Å². The molecule has 0 aliphatic carbocycles. The number of aromatic nitrogens is 3. The average Bonchev–Trinajstić information content (AvgIpc) is 3.16. The normalized spacial score (nSPS) is 11.1. The smallest absolute Gasteiger partial charge is 0.423 e. The third-order valence-corrected chi connectivity index (χ3v) is 4.72. The number of imidazole rings is 1. The van der Waals surface area contributed by atoms with Crippen molar-refractivity contribution in [2.24, 2.45) is 0 Å². The molecule has 8 nitrogen and oxygen atoms in total. The Bertz CT molecular complexity index is 749. The Balaban J connectivity index is 2.24. The standard InChI is InChI=1S/C13H16N4O4S/c1-3-8-21-13(18)17(2)22(19,20)11-4-5-14-10(11)9-12-15-6-7-16-12/h3-7,14H,1,8-9H2,2H3,(H,15,16). The van der Waals surface area contributed by atoms with Crippen LogP contribution < -0.4 is 0 Å². The highest BCUT2D eigenvalue weighted by Gasteiger charge is 2.29. The zero-order chi connectivity index (χ0) is 16.2. The number of ether oxygens (including phenoxy) is 1. The van der Waals surface area contributed by atoms with Crippen LogP contribution in [0.25, 0.3) is 0 Å². The van der Waals surface area contributed by atoms with Crippen LogP contribution in [0.2, 0.25) is 0 Å². The van der Waals surface area contributed by atoms with Gasteiger partial charge in [0.25, 0.3) is 10.0 Å². The van der Waals surface area contributed by atoms with Crippen molar-refractivity contribution in [1.82, 2.24) is 19.3 Å². The number of aromatic amines is 2. The molecule has 0 saturated carbocycles. The van der Waals surface area contributed by atoms with E-state index in [0.717, 1.165) is 7.05 Å². The Kier molecular flexibility index (Phi) is 4.66. The minimum absolute atomic E-state index is 0.00181. The summed E-state index contributed by atoms with van der Waals surface area (Å²) >= 11 is 0. The zero-order valence-corrected chi connectivity index (χ0v) is 12.8. The summed E-state index contributed by atoms with van der Waals surface area (Å²) in [4.78, 5) is 21.5. The first-order valence-corrected chi connectivity index (χ1v) is 7.82. The number of carbonyl (C=O) groups is 1. The summed E-state index contributed by atoms with van der Waals surface area (Å²) in [5, 5.41) is 0. The quantitative estimate of drug-likeness (QED) is 0.778. The van der Waals surface area contributed by atoms with Crippen molar-refractivity contribution in [2.75, 3.05) is 13.7 Å². The first kappa shape index (κ1) is 15.8. The summed E-state index contributed by atoms with van der Waals surface area (Å²) < 4.78 is 30.3. The summed E-state index contributed by atoms with van der Waals surface area (Å²) in [6.45, 7) is 3.33. The molecule has 0 atom stereocenters. The summed E-state index contributed by atoms with van der Waals surface area (Å²) in [5.41, 5.74) is 0.429. The number of carbonyl (C=O) groups excluding carboxylic acids is 1. The molecule has 0 bridgehead atoms. The molecule has 2 rings (SSSR count). The second-order valence-electron chi connectivity index (χ2n) is 4.37. The van der Waals surface area contributed by atoms with Crippen molar-refractivity contribution in [3.05, 3.63) is 48.8 Å². The van der Waals surface area contributed by atoms with Gasteiger partial charge in [-0.25, -0.2) is 22.5 Å². The maximum atomic E-state index is 12.5. The highest BCUT2D eigenvalue weighted by molar-refractivity contribution is 7.89. The van der Waals surface area contributed by atoms with Gasteiger partial charge in [0.15, 0.2) is 0 Å². The summed E-state index contributed by atoms with van der Waals surface area (Å²) in [7, 11) is -2.86. The van der Waals surface area contributed by atoms with E-state index < -0.39 is 16.1 Å². The Morgan fingerprint density at radius 3 is 2.86 bits per heavy atom. The SMILES string of the molecule is C=CCOC(=O)N(C)S(=O)(=O)c1cc[nH]c1Cc1ncc[nH]1. The predicted octanol–water partition coefficient (Wildman–Crippen LogP) is 1.27. The first-order chi connectivity index (χ1) is 10.5. The van der Waals surface area contributed by atoms with Gasteiger partial charge in [-0.15, -0.1) is 0 Å². The van der Waals surface area contributed by atoms with Gasteiger partial charge in [0.05, 0.1) is 0 Å². The van der Waals surface area contributed by atoms with Gasteiger partial charge in [-0.05, 0) is 6.07 Å². The van der Waals surface area contributed by atoms with Crippen LogP contribution in [0.4, 0.5) is 4.79 Å². The molecule has 0 unspecified atom stereocenters. The molecule has 22 heavy (non-hydrogen) atoms. The van der Waals surface area contributed by atoms with Crippen LogP contribution in [0.3, 0.4) is 0 Å². The van der Waals surface area contributed by atoms with Crippen LogP contribution in [0.5, 0.6) is 0 Å². The van der Waals surface area contributed by atoms with Crippen LogP contribution in [0.15, 0.2) is 42.2 Å². The van der Waals surface area contributed by atoms with Crippen molar-refractivity contribution in [3.63, 3.8) is 0 Å². The summed E-state index contributed by atoms with van der Waals surface area (Å²) in [6, 6.07) is 1.39. The third-order valence-electron chi connectivity index (χ3n) is 2.91. The molecule has 0 radical (unpaired) electrons. The van der Waals surface area contributed by atoms with Crippen molar-refractivity contribution >= 4 is 16.1 Å². The van der Waals surface area contributed by atoms with E-state index in [9.17, 15) is 13.2 Å². The fourth-order valence-electron chi connectivity index (χ4n) is 1.80. The second-order valence-corrected chi connectivity index (χ2v) is 6.31. The molecule has 9 heteroatoms. The number of rotatable bonds is 6. The van der Waals surface area contributed by atoms with Crippen LogP contribution >= 0.6 is 0 Å². The molecule has 0 fully saturated rings. The molecule has 0 saturated heterocycles. The largest absolute Gasteiger partial charge is 0.444 e. The summed E-state index contributed by atoms with van der Waals surface area (Å²) in [5.74, 6) is 0.607. The third kappa shape index (κ3) is 3.19. The minimum atomic E-state index is -4.01. The lowest BCUT2D eigenvalue weighted by Gasteiger charge is -2.17. The molecule has 0 aliphatic rings. The molecular formula is C13H16N4O4S. The molecule has 2 N–H and O–H groups in total. The zero-order valence-electron chi connectivity index (χ0n) is 11.9. The highest BCUT2D eigenvalue weighted by atomic mass is 32.2. The van der Waals surface area contributed by atoms with E-state index in [1.807, 2.05) is 0 Å². The Morgan fingerprint density at radius 2 is 2.23 bits per heavy atom. The number of amides is 1. The number of H-pyrrole nitrogens is 2. The van der Waals surface area contributed by atoms with Gasteiger partial charge in [-0.3, -0.25) is 0 Å². The molecule has 1 amide bonds. The van der Waals surface area contributed by atoms with Crippen LogP contribution in [0.1, 0.15) is 11.5 Å². The maximum Gasteiger partial charge on any atom is 0.423 e. The van der Waals surface area contributed by atoms with E-state index in [0.29, 0.717) is 15.8 Å². The number of nitrogens with one attached hydrogen (secondary N) is 2. The molecule has 0 aliphatic heterocycles. The van der Waals surface area contributed by atoms with E-state index in [1.165, 1.54) is 18.3 Å². The Labute approximate surface area is 127 Å². The van der Waals surface area contributed by atoms with E-state index in [1.54, 1.807) is 12.4 Å². The van der Waals surface area contributed by atoms with E-state index in [4.69, 9.17) is 4.74 Å². The minimum Gasteiger partial charge on any atom is -0.444 e. The molecule has 118 valence electrons. The van der Waals surface area contributed by atoms with Gasteiger partial charge >= 0.3 is 6.09 Å². The first-order valence-electron chi connectivity index (χ1n) is 6.38. The molecule has 0 aromatic carbocycles. The lowest BCUT2D eigenvalue weighted by molar-refractivity contribution is 0.142. The van der Waals surface area contributed by atoms with Gasteiger partial charge in [0, 0.05) is 37.8 Å². The van der Waals surface area contributed by atoms with Gasteiger partial charge in [0.2, 0.25) is 0 Å². The Hall–Kier alpha value is -2.55. The van der Waals surface area contributed by atoms with Crippen LogP contribution in [-0.2, 0) is 21.2 Å². The number of hydrogen-bond donors (Lipinski definition) is 2. The fraction of sp³-hybridized carbons (Fsp3) is 0.231. The van der Waals surface area contributed by atoms with E-state index in [-0.39, 0.29) is 17.9 Å². The fourth-order valence-corrected chi connectivity index (χ4v) is 3.02. The van der Waals surface area contributed by atoms with Gasteiger partial charge < -0.3 is 14.7 Å². The lowest BCUT2D eigenvalue weighted by atomic mass is 10.3. The molecule has 2 heterocycles. The van der Waals surface area contributed by atoms with Crippen molar-refractivity contribution in [2.45, 2.75) is 11.3 Å². The van der Waals surface area contributed by atoms with Gasteiger partial charge in [-0.2, -0.15) is 0 Å². The monoisotopic (exact) mass is 324 g/mol. The average molecular weight is 324 g/mol. The number of sulfonamides is 1. The molecule has 2 aromatic rings. The van der Waals surface area contributed by atoms with Crippen LogP contribution in [0, 0.1) is 0 Å². The lowest BCUT2D eigenvalue weighted by Crippen LogP contribution is -2.34. The number of nitrogens with zero attached hydrogens (tertiary/aromatic N) is 2. The second kappa shape index (κ2) is 6.48. The van der Waals surface area contributed by atoms with E-state index >= 15 is 0 Å². The molecular weight excluding hydrogens is 308 g/mol. The number of hydrogen-bond acceptors (Lipinski definition) is 5. The van der Waals surface area contributed by atoms with Crippen molar-refractivity contribution in [1.29, 1.82) is 0 Å². The van der Waals surface area contributed by atoms with Gasteiger partial charge in [0.1, 0.15) is 17.3 Å². The van der Waals surface area contributed by atoms with E-state index in [2.05, 4.69) is 21.5 Å². The summed E-state index contributed by atoms with van der Waals surface area (Å²) in [6.07, 6.45) is 5.37. The molecule has 0 spiro atoms. The van der Waals surface area contributed by atoms with Gasteiger partial charge in [-0.1, -0.05) is 12.7 Å². The predicted molar refractivity (Wildman–Crippen MR) is 78.7 cm³/mol. The Morgan fingerprint density at radius 1 is 1.45 bits per heavy atom. The highest BCUT2D eigenvalue weighted by Crippen LogP contribution is 2.20. The topological polar surface area (TPSA) is 108 Å².